The first-order chi connectivity index (χ1) is 7.39. The highest BCUT2D eigenvalue weighted by Gasteiger charge is 2.56. The quantitative estimate of drug-likeness (QED) is 0.631. The summed E-state index contributed by atoms with van der Waals surface area (Å²) in [5.74, 6) is -0.354. The highest BCUT2D eigenvalue weighted by molar-refractivity contribution is 8.09. The summed E-state index contributed by atoms with van der Waals surface area (Å²) in [6, 6.07) is 0. The Balaban J connectivity index is 1.91. The van der Waals surface area contributed by atoms with Gasteiger partial charge in [-0.1, -0.05) is 6.92 Å². The van der Waals surface area contributed by atoms with Gasteiger partial charge in [0.05, 0.1) is 0 Å². The normalized spacial score (nSPS) is 48.3. The second-order valence-corrected chi connectivity index (χ2v) is 11.8. The summed E-state index contributed by atoms with van der Waals surface area (Å²) in [5, 5.41) is 0. The molecule has 0 N–H and O–H groups in total. The first-order valence-electron chi connectivity index (χ1n) is 6.38. The molecule has 0 radical (unpaired) electrons. The Morgan fingerprint density at radius 2 is 1.44 bits per heavy atom. The van der Waals surface area contributed by atoms with E-state index >= 15 is 0 Å². The number of hydrogen-bond acceptors (Lipinski definition) is 1. The van der Waals surface area contributed by atoms with Crippen LogP contribution >= 0.6 is 28.3 Å². The van der Waals surface area contributed by atoms with Crippen LogP contribution in [0.1, 0.15) is 45.4 Å². The molecule has 0 heterocycles. The number of halogens is 2. The summed E-state index contributed by atoms with van der Waals surface area (Å²) < 4.78 is 12.0. The molecular weight excluding hydrogens is 262 g/mol. The van der Waals surface area contributed by atoms with Crippen LogP contribution in [-0.2, 0) is 4.57 Å². The van der Waals surface area contributed by atoms with Crippen molar-refractivity contribution in [2.75, 3.05) is 0 Å². The molecule has 4 saturated carbocycles. The minimum Gasteiger partial charge on any atom is -0.289 e. The lowest BCUT2D eigenvalue weighted by atomic mass is 9.49. The zero-order chi connectivity index (χ0) is 11.6. The summed E-state index contributed by atoms with van der Waals surface area (Å²) in [6.07, 6.45) is 7.89. The predicted molar refractivity (Wildman–Crippen MR) is 69.4 cm³/mol. The Hall–Kier alpha value is 0.810. The van der Waals surface area contributed by atoms with E-state index in [0.29, 0.717) is 0 Å². The molecule has 92 valence electrons. The van der Waals surface area contributed by atoms with Crippen molar-refractivity contribution < 1.29 is 4.57 Å². The van der Waals surface area contributed by atoms with Gasteiger partial charge in [0, 0.05) is 5.66 Å². The molecule has 0 aromatic heterocycles. The Bertz CT molecular complexity index is 314. The van der Waals surface area contributed by atoms with Crippen molar-refractivity contribution in [1.29, 1.82) is 0 Å². The Morgan fingerprint density at radius 3 is 1.75 bits per heavy atom. The van der Waals surface area contributed by atoms with Gasteiger partial charge in [0.2, 0.25) is 0 Å². The van der Waals surface area contributed by atoms with E-state index in [-0.39, 0.29) is 11.1 Å². The van der Waals surface area contributed by atoms with E-state index in [0.717, 1.165) is 17.8 Å². The maximum absolute atomic E-state index is 12.0. The molecule has 0 aromatic carbocycles. The van der Waals surface area contributed by atoms with Crippen molar-refractivity contribution in [2.24, 2.45) is 23.2 Å². The largest absolute Gasteiger partial charge is 0.289 e. The molecule has 4 aliphatic rings. The molecule has 0 aliphatic heterocycles. The van der Waals surface area contributed by atoms with Gasteiger partial charge in [-0.15, -0.1) is 0 Å². The van der Waals surface area contributed by atoms with Crippen molar-refractivity contribution in [3.8, 4) is 0 Å². The monoisotopic (exact) mass is 280 g/mol. The average molecular weight is 281 g/mol. The summed E-state index contributed by atoms with van der Waals surface area (Å²) in [7, 11) is 0. The summed E-state index contributed by atoms with van der Waals surface area (Å²) in [6.45, 7) is 2.02. The fourth-order valence-electron chi connectivity index (χ4n) is 5.01. The Labute approximate surface area is 107 Å². The zero-order valence-corrected chi connectivity index (χ0v) is 12.1. The summed E-state index contributed by atoms with van der Waals surface area (Å²) >= 11 is 11.9. The molecular formula is C12H19Cl2OP. The van der Waals surface area contributed by atoms with Crippen molar-refractivity contribution in [3.05, 3.63) is 0 Å². The van der Waals surface area contributed by atoms with Gasteiger partial charge in [0.15, 0.2) is 0 Å². The van der Waals surface area contributed by atoms with Gasteiger partial charge in [-0.05, 0) is 84.2 Å². The molecule has 4 fully saturated rings. The lowest BCUT2D eigenvalue weighted by molar-refractivity contribution is -0.0521. The Kier molecular flexibility index (Phi) is 2.71. The molecule has 1 nitrogen and oxygen atoms in total. The van der Waals surface area contributed by atoms with Gasteiger partial charge in [0.1, 0.15) is 0 Å². The minimum absolute atomic E-state index is 0.00302. The lowest BCUT2D eigenvalue weighted by Gasteiger charge is -2.59. The minimum atomic E-state index is -2.96. The van der Waals surface area contributed by atoms with Crippen LogP contribution in [0.3, 0.4) is 0 Å². The number of rotatable bonds is 2. The van der Waals surface area contributed by atoms with Gasteiger partial charge >= 0.3 is 0 Å². The third-order valence-electron chi connectivity index (χ3n) is 5.42. The van der Waals surface area contributed by atoms with Crippen LogP contribution in [0.25, 0.3) is 0 Å². The van der Waals surface area contributed by atoms with E-state index in [1.54, 1.807) is 0 Å². The van der Waals surface area contributed by atoms with Gasteiger partial charge in [0.25, 0.3) is 5.85 Å². The van der Waals surface area contributed by atoms with Gasteiger partial charge in [-0.25, -0.2) is 0 Å². The molecule has 4 bridgehead atoms. The van der Waals surface area contributed by atoms with E-state index in [2.05, 4.69) is 0 Å². The lowest BCUT2D eigenvalue weighted by Crippen LogP contribution is -2.50. The first-order valence-corrected chi connectivity index (χ1v) is 9.97. The van der Waals surface area contributed by atoms with Crippen molar-refractivity contribution >= 4 is 28.3 Å². The van der Waals surface area contributed by atoms with E-state index in [1.165, 1.54) is 38.5 Å². The van der Waals surface area contributed by atoms with Crippen LogP contribution in [0.4, 0.5) is 0 Å². The molecule has 1 atom stereocenters. The summed E-state index contributed by atoms with van der Waals surface area (Å²) in [5.41, 5.74) is 0.213. The zero-order valence-electron chi connectivity index (χ0n) is 9.66. The third-order valence-corrected chi connectivity index (χ3v) is 8.63. The smallest absolute Gasteiger partial charge is 0.256 e. The van der Waals surface area contributed by atoms with E-state index < -0.39 is 5.85 Å². The van der Waals surface area contributed by atoms with Gasteiger partial charge < -0.3 is 0 Å². The maximum Gasteiger partial charge on any atom is 0.256 e. The molecule has 0 spiro atoms. The SMILES string of the molecule is CC(C12CC3CC(CC(C3)C1)C2)P(=O)(Cl)Cl. The average Bonchev–Trinajstić information content (AvgIpc) is 2.12. The summed E-state index contributed by atoms with van der Waals surface area (Å²) in [4.78, 5) is 0. The van der Waals surface area contributed by atoms with Crippen LogP contribution in [0, 0.1) is 23.2 Å². The maximum atomic E-state index is 12.0. The topological polar surface area (TPSA) is 17.1 Å². The van der Waals surface area contributed by atoms with Crippen molar-refractivity contribution in [1.82, 2.24) is 0 Å². The number of hydrogen-bond donors (Lipinski definition) is 0. The molecule has 4 heteroatoms. The molecule has 1 unspecified atom stereocenters. The first kappa shape index (κ1) is 11.9. The highest BCUT2D eigenvalue weighted by Crippen LogP contribution is 2.72. The highest BCUT2D eigenvalue weighted by atomic mass is 35.9. The van der Waals surface area contributed by atoms with E-state index in [9.17, 15) is 4.57 Å². The van der Waals surface area contributed by atoms with E-state index in [1.807, 2.05) is 6.92 Å². The Morgan fingerprint density at radius 1 is 1.06 bits per heavy atom. The second kappa shape index (κ2) is 3.65. The molecule has 0 amide bonds. The molecule has 4 aliphatic carbocycles. The fraction of sp³-hybridized carbons (Fsp3) is 1.00. The van der Waals surface area contributed by atoms with Gasteiger partial charge in [-0.2, -0.15) is 0 Å². The standard InChI is InChI=1S/C12H19Cl2OP/c1-8(16(13,14)15)12-5-9-2-10(6-12)4-11(3-9)7-12/h8-11H,2-7H2,1H3. The fourth-order valence-corrected chi connectivity index (χ4v) is 7.20. The molecule has 4 rings (SSSR count). The molecule has 0 aromatic rings. The van der Waals surface area contributed by atoms with Gasteiger partial charge in [-0.3, -0.25) is 4.57 Å². The van der Waals surface area contributed by atoms with Crippen LogP contribution in [0.5, 0.6) is 0 Å². The van der Waals surface area contributed by atoms with Crippen molar-refractivity contribution in [3.63, 3.8) is 0 Å². The van der Waals surface area contributed by atoms with Crippen LogP contribution in [-0.4, -0.2) is 5.66 Å². The second-order valence-electron chi connectivity index (χ2n) is 6.46. The molecule has 16 heavy (non-hydrogen) atoms. The van der Waals surface area contributed by atoms with Crippen LogP contribution in [0.15, 0.2) is 0 Å². The predicted octanol–water partition coefficient (Wildman–Crippen LogP) is 5.26. The van der Waals surface area contributed by atoms with Crippen molar-refractivity contribution in [2.45, 2.75) is 51.1 Å². The third kappa shape index (κ3) is 1.78. The van der Waals surface area contributed by atoms with Crippen LogP contribution in [0.2, 0.25) is 0 Å². The molecule has 0 saturated heterocycles. The van der Waals surface area contributed by atoms with Crippen LogP contribution < -0.4 is 0 Å². The van der Waals surface area contributed by atoms with E-state index in [4.69, 9.17) is 22.5 Å².